The summed E-state index contributed by atoms with van der Waals surface area (Å²) in [5.74, 6) is -1.89. The fraction of sp³-hybridized carbons (Fsp3) is 0.636. The molecule has 3 aliphatic carbocycles. The third-order valence-corrected chi connectivity index (χ3v) is 14.3. The van der Waals surface area contributed by atoms with E-state index in [0.717, 1.165) is 36.9 Å². The van der Waals surface area contributed by atoms with Crippen molar-refractivity contribution in [1.82, 2.24) is 10.1 Å². The number of ketones is 2. The van der Waals surface area contributed by atoms with Crippen molar-refractivity contribution in [3.05, 3.63) is 39.8 Å². The Morgan fingerprint density at radius 2 is 1.70 bits per heavy atom. The van der Waals surface area contributed by atoms with Crippen molar-refractivity contribution in [3.8, 4) is 11.8 Å². The van der Waals surface area contributed by atoms with Gasteiger partial charge in [0.15, 0.2) is 19.7 Å². The largest absolute Gasteiger partial charge is 0.507 e. The Labute approximate surface area is 260 Å². The second-order valence-electron chi connectivity index (χ2n) is 14.0. The van der Waals surface area contributed by atoms with Crippen LogP contribution in [0.25, 0.3) is 5.76 Å². The first kappa shape index (κ1) is 32.4. The Morgan fingerprint density at radius 3 is 2.32 bits per heavy atom. The average molecular weight is 626 g/mol. The van der Waals surface area contributed by atoms with Gasteiger partial charge in [-0.2, -0.15) is 0 Å². The van der Waals surface area contributed by atoms with Crippen LogP contribution in [-0.4, -0.2) is 53.9 Å². The van der Waals surface area contributed by atoms with Crippen LogP contribution in [0.2, 0.25) is 18.1 Å². The van der Waals surface area contributed by atoms with E-state index in [1.165, 1.54) is 0 Å². The molecule has 240 valence electrons. The second kappa shape index (κ2) is 11.7. The number of fused-ring (bicyclic) bond motifs is 4. The van der Waals surface area contributed by atoms with Crippen molar-refractivity contribution >= 4 is 25.6 Å². The normalized spacial score (nSPS) is 24.9. The molecule has 5 rings (SSSR count). The van der Waals surface area contributed by atoms with Crippen LogP contribution < -0.4 is 15.2 Å². The van der Waals surface area contributed by atoms with E-state index >= 15 is 4.79 Å². The van der Waals surface area contributed by atoms with Gasteiger partial charge in [-0.1, -0.05) is 47.5 Å². The van der Waals surface area contributed by atoms with Crippen molar-refractivity contribution < 1.29 is 33.1 Å². The lowest BCUT2D eigenvalue weighted by molar-refractivity contribution is -0.138. The Bertz CT molecular complexity index is 1490. The summed E-state index contributed by atoms with van der Waals surface area (Å²) < 4.78 is 24.6. The van der Waals surface area contributed by atoms with Crippen LogP contribution in [0, 0.1) is 18.8 Å². The predicted molar refractivity (Wildman–Crippen MR) is 168 cm³/mol. The summed E-state index contributed by atoms with van der Waals surface area (Å²) in [5, 5.41) is 15.7. The highest BCUT2D eigenvalue weighted by atomic mass is 28.4. The molecule has 0 saturated heterocycles. The number of Topliss-reactive ketones (excluding diaryl/α,β-unsaturated/α-hetero) is 2. The highest BCUT2D eigenvalue weighted by molar-refractivity contribution is 6.74. The summed E-state index contributed by atoms with van der Waals surface area (Å²) in [6, 6.07) is 1.08. The minimum atomic E-state index is -2.79. The summed E-state index contributed by atoms with van der Waals surface area (Å²) in [5.41, 5.74) is 7.20. The molecule has 2 heterocycles. The molecule has 0 unspecified atom stereocenters. The first-order chi connectivity index (χ1) is 20.7. The van der Waals surface area contributed by atoms with Crippen LogP contribution in [0.3, 0.4) is 0 Å². The quantitative estimate of drug-likeness (QED) is 0.172. The molecule has 2 aromatic heterocycles. The summed E-state index contributed by atoms with van der Waals surface area (Å²) in [6.45, 7) is 16.9. The van der Waals surface area contributed by atoms with Crippen LogP contribution >= 0.6 is 0 Å². The molecular formula is C33H47N3O7Si. The first-order valence-electron chi connectivity index (χ1n) is 15.9. The molecule has 44 heavy (non-hydrogen) atoms. The number of aromatic nitrogens is 2. The second-order valence-corrected chi connectivity index (χ2v) is 18.7. The number of ether oxygens (including phenoxy) is 2. The fourth-order valence-electron chi connectivity index (χ4n) is 6.47. The van der Waals surface area contributed by atoms with Gasteiger partial charge in [0.25, 0.3) is 5.88 Å². The van der Waals surface area contributed by atoms with Gasteiger partial charge in [-0.05, 0) is 73.4 Å². The Balaban J connectivity index is 1.70. The van der Waals surface area contributed by atoms with E-state index < -0.39 is 37.4 Å². The number of aryl methyl sites for hydroxylation is 1. The SMILES string of the molecule is CCCCOc1nc(C)cc2c1C(O)=C1C(=O)[C@]3(O[Si](C)(C)C(C)(C)C)C(=O)c4c(OCCCC)noc4[C@@H](N)[C@@H]3C[C@@H]1C2. The molecule has 2 aromatic rings. The number of aliphatic hydroxyl groups excluding tert-OH is 1. The standard InChI is InChI=1S/C33H47N3O7Si/c1-9-11-13-40-30-23-19(15-18(3)35-30)16-20-17-21-25(34)27-24(31(36-42-27)41-14-12-10-2)29(39)33(21,28(38)22(20)26(23)37)43-44(7,8)32(4,5)6/h15,20-21,25,37H,9-14,16-17,34H2,1-8H3/t20-,21-,25-,33-/m0/s1. The molecule has 11 heteroatoms. The van der Waals surface area contributed by atoms with Crippen LogP contribution in [0.15, 0.2) is 16.2 Å². The molecule has 1 fully saturated rings. The van der Waals surface area contributed by atoms with Gasteiger partial charge in [0.2, 0.25) is 17.4 Å². The molecule has 4 atom stereocenters. The molecule has 1 saturated carbocycles. The number of hydrogen-bond donors (Lipinski definition) is 2. The maximum atomic E-state index is 15.1. The van der Waals surface area contributed by atoms with Gasteiger partial charge in [-0.15, -0.1) is 0 Å². The molecule has 0 spiro atoms. The van der Waals surface area contributed by atoms with Crippen LogP contribution in [0.1, 0.15) is 106 Å². The number of nitrogens with two attached hydrogens (primary N) is 1. The van der Waals surface area contributed by atoms with E-state index in [1.807, 2.05) is 33.0 Å². The molecule has 10 nitrogen and oxygen atoms in total. The smallest absolute Gasteiger partial charge is 0.265 e. The third kappa shape index (κ3) is 5.10. The lowest BCUT2D eigenvalue weighted by Gasteiger charge is -2.53. The van der Waals surface area contributed by atoms with E-state index in [-0.39, 0.29) is 39.5 Å². The van der Waals surface area contributed by atoms with Crippen molar-refractivity contribution in [3.63, 3.8) is 0 Å². The molecule has 3 aliphatic rings. The lowest BCUT2D eigenvalue weighted by Crippen LogP contribution is -2.68. The van der Waals surface area contributed by atoms with E-state index in [1.54, 1.807) is 0 Å². The molecular weight excluding hydrogens is 578 g/mol. The topological polar surface area (TPSA) is 147 Å². The maximum absolute atomic E-state index is 15.1. The third-order valence-electron chi connectivity index (χ3n) is 9.89. The molecule has 0 radical (unpaired) electrons. The summed E-state index contributed by atoms with van der Waals surface area (Å²) in [4.78, 5) is 34.5. The van der Waals surface area contributed by atoms with Gasteiger partial charge < -0.3 is 29.3 Å². The highest BCUT2D eigenvalue weighted by Gasteiger charge is 2.68. The number of hydrogen-bond acceptors (Lipinski definition) is 10. The highest BCUT2D eigenvalue weighted by Crippen LogP contribution is 2.57. The zero-order valence-corrected chi connectivity index (χ0v) is 28.3. The van der Waals surface area contributed by atoms with E-state index in [2.05, 4.69) is 37.8 Å². The number of carbonyl (C=O) groups is 2. The van der Waals surface area contributed by atoms with Crippen molar-refractivity contribution in [1.29, 1.82) is 0 Å². The fourth-order valence-corrected chi connectivity index (χ4v) is 7.92. The molecule has 0 amide bonds. The minimum Gasteiger partial charge on any atom is -0.507 e. The van der Waals surface area contributed by atoms with Crippen molar-refractivity contribution in [2.75, 3.05) is 13.2 Å². The predicted octanol–water partition coefficient (Wildman–Crippen LogP) is 6.42. The van der Waals surface area contributed by atoms with Gasteiger partial charge in [0.05, 0.1) is 24.8 Å². The number of carbonyl (C=O) groups excluding carboxylic acids is 2. The number of aliphatic hydroxyl groups is 1. The molecule has 0 aromatic carbocycles. The molecule has 3 N–H and O–H groups in total. The van der Waals surface area contributed by atoms with E-state index in [0.29, 0.717) is 37.5 Å². The Kier molecular flexibility index (Phi) is 8.63. The number of pyridine rings is 1. The average Bonchev–Trinajstić information content (AvgIpc) is 3.36. The summed E-state index contributed by atoms with van der Waals surface area (Å²) >= 11 is 0. The van der Waals surface area contributed by atoms with Gasteiger partial charge in [0, 0.05) is 17.2 Å². The van der Waals surface area contributed by atoms with Gasteiger partial charge >= 0.3 is 0 Å². The maximum Gasteiger partial charge on any atom is 0.265 e. The first-order valence-corrected chi connectivity index (χ1v) is 18.8. The number of nitrogens with zero attached hydrogens (tertiary/aromatic N) is 2. The lowest BCUT2D eigenvalue weighted by atomic mass is 9.57. The van der Waals surface area contributed by atoms with E-state index in [4.69, 9.17) is 24.2 Å². The number of unbranched alkanes of at least 4 members (excludes halogenated alkanes) is 2. The van der Waals surface area contributed by atoms with Gasteiger partial charge in [0.1, 0.15) is 11.3 Å². The summed E-state index contributed by atoms with van der Waals surface area (Å²) in [6.07, 6.45) is 4.22. The van der Waals surface area contributed by atoms with Gasteiger partial charge in [-0.25, -0.2) is 4.98 Å². The van der Waals surface area contributed by atoms with E-state index in [9.17, 15) is 9.90 Å². The zero-order chi connectivity index (χ0) is 32.2. The molecule has 0 aliphatic heterocycles. The van der Waals surface area contributed by atoms with Crippen LogP contribution in [0.4, 0.5) is 0 Å². The van der Waals surface area contributed by atoms with Crippen molar-refractivity contribution in [2.24, 2.45) is 17.6 Å². The van der Waals surface area contributed by atoms with Crippen molar-refractivity contribution in [2.45, 2.75) is 110 Å². The van der Waals surface area contributed by atoms with Crippen LogP contribution in [0.5, 0.6) is 11.8 Å². The Morgan fingerprint density at radius 1 is 1.07 bits per heavy atom. The van der Waals surface area contributed by atoms with Crippen LogP contribution in [-0.2, 0) is 15.6 Å². The Hall–Kier alpha value is -3.02. The monoisotopic (exact) mass is 625 g/mol. The minimum absolute atomic E-state index is 0.0268. The molecule has 0 bridgehead atoms. The zero-order valence-electron chi connectivity index (χ0n) is 27.3. The summed E-state index contributed by atoms with van der Waals surface area (Å²) in [7, 11) is -2.79. The van der Waals surface area contributed by atoms with Gasteiger partial charge in [-0.3, -0.25) is 9.59 Å². The number of rotatable bonds is 10.